The van der Waals surface area contributed by atoms with Crippen LogP contribution in [0.25, 0.3) is 0 Å². The number of hydrogen-bond acceptors (Lipinski definition) is 2. The van der Waals surface area contributed by atoms with E-state index in [0.717, 1.165) is 6.42 Å². The first kappa shape index (κ1) is 12.2. The topological polar surface area (TPSA) is 63.3 Å². The zero-order valence-electron chi connectivity index (χ0n) is 9.19. The Kier molecular flexibility index (Phi) is 5.40. The van der Waals surface area contributed by atoms with Gasteiger partial charge in [-0.25, -0.2) is 4.79 Å². The Morgan fingerprint density at radius 3 is 2.60 bits per heavy atom. The first-order chi connectivity index (χ1) is 7.24. The minimum absolute atomic E-state index is 0.367. The van der Waals surface area contributed by atoms with Gasteiger partial charge in [0, 0.05) is 6.08 Å². The highest BCUT2D eigenvalue weighted by Crippen LogP contribution is 2.32. The standard InChI is InChI=1S/C12H21NO2/c13-9-8-11(6-7-12(14)15)10-4-2-1-3-5-10/h6-7,10-11H,1-5,8-9,13H2,(H,14,15)/b7-6+. The molecule has 0 spiro atoms. The third-order valence-electron chi connectivity index (χ3n) is 3.24. The molecule has 3 heteroatoms. The molecule has 3 nitrogen and oxygen atoms in total. The van der Waals surface area contributed by atoms with E-state index in [1.807, 2.05) is 6.08 Å². The van der Waals surface area contributed by atoms with Crippen molar-refractivity contribution >= 4 is 5.97 Å². The number of rotatable bonds is 5. The van der Waals surface area contributed by atoms with Crippen LogP contribution in [0.5, 0.6) is 0 Å². The number of allylic oxidation sites excluding steroid dienone is 1. The van der Waals surface area contributed by atoms with Crippen LogP contribution in [0.3, 0.4) is 0 Å². The number of nitrogens with two attached hydrogens (primary N) is 1. The molecule has 1 unspecified atom stereocenters. The first-order valence-corrected chi connectivity index (χ1v) is 5.85. The van der Waals surface area contributed by atoms with Crippen LogP contribution in [-0.4, -0.2) is 17.6 Å². The summed E-state index contributed by atoms with van der Waals surface area (Å²) in [4.78, 5) is 10.5. The summed E-state index contributed by atoms with van der Waals surface area (Å²) in [6.45, 7) is 0.644. The van der Waals surface area contributed by atoms with Gasteiger partial charge in [-0.3, -0.25) is 0 Å². The monoisotopic (exact) mass is 211 g/mol. The van der Waals surface area contributed by atoms with E-state index < -0.39 is 5.97 Å². The molecule has 1 saturated carbocycles. The lowest BCUT2D eigenvalue weighted by Crippen LogP contribution is -2.19. The first-order valence-electron chi connectivity index (χ1n) is 5.85. The minimum atomic E-state index is -0.854. The van der Waals surface area contributed by atoms with Gasteiger partial charge in [-0.2, -0.15) is 0 Å². The number of carboxylic acids is 1. The van der Waals surface area contributed by atoms with Crippen LogP contribution < -0.4 is 5.73 Å². The van der Waals surface area contributed by atoms with Gasteiger partial charge in [0.1, 0.15) is 0 Å². The molecule has 0 bridgehead atoms. The summed E-state index contributed by atoms with van der Waals surface area (Å²) in [6, 6.07) is 0. The molecule has 3 N–H and O–H groups in total. The quantitative estimate of drug-likeness (QED) is 0.685. The number of aliphatic carboxylic acids is 1. The molecule has 1 fully saturated rings. The second-order valence-corrected chi connectivity index (χ2v) is 4.34. The Balaban J connectivity index is 2.50. The Labute approximate surface area is 91.4 Å². The molecule has 15 heavy (non-hydrogen) atoms. The zero-order chi connectivity index (χ0) is 11.1. The molecular formula is C12H21NO2. The molecule has 0 radical (unpaired) electrons. The Bertz CT molecular complexity index is 220. The lowest BCUT2D eigenvalue weighted by molar-refractivity contribution is -0.131. The molecule has 0 heterocycles. The summed E-state index contributed by atoms with van der Waals surface area (Å²) < 4.78 is 0. The largest absolute Gasteiger partial charge is 0.478 e. The summed E-state index contributed by atoms with van der Waals surface area (Å²) in [5.74, 6) is 0.164. The van der Waals surface area contributed by atoms with Crippen molar-refractivity contribution in [3.05, 3.63) is 12.2 Å². The number of carbonyl (C=O) groups is 1. The fourth-order valence-corrected chi connectivity index (χ4v) is 2.45. The maximum absolute atomic E-state index is 10.5. The van der Waals surface area contributed by atoms with E-state index in [0.29, 0.717) is 18.4 Å². The van der Waals surface area contributed by atoms with Crippen molar-refractivity contribution in [2.24, 2.45) is 17.6 Å². The highest BCUT2D eigenvalue weighted by Gasteiger charge is 2.20. The smallest absolute Gasteiger partial charge is 0.327 e. The van der Waals surface area contributed by atoms with Crippen LogP contribution in [0.4, 0.5) is 0 Å². The van der Waals surface area contributed by atoms with Crippen molar-refractivity contribution in [2.75, 3.05) is 6.54 Å². The normalized spacial score (nSPS) is 20.6. The van der Waals surface area contributed by atoms with Crippen molar-refractivity contribution in [3.63, 3.8) is 0 Å². The molecule has 0 saturated heterocycles. The Morgan fingerprint density at radius 2 is 2.07 bits per heavy atom. The van der Waals surface area contributed by atoms with Crippen molar-refractivity contribution in [1.82, 2.24) is 0 Å². The Morgan fingerprint density at radius 1 is 1.40 bits per heavy atom. The molecule has 86 valence electrons. The van der Waals surface area contributed by atoms with Crippen LogP contribution in [0.15, 0.2) is 12.2 Å². The summed E-state index contributed by atoms with van der Waals surface area (Å²) in [5, 5.41) is 8.61. The maximum Gasteiger partial charge on any atom is 0.327 e. The molecule has 0 aromatic rings. The van der Waals surface area contributed by atoms with E-state index in [2.05, 4.69) is 0 Å². The molecule has 0 aromatic heterocycles. The molecule has 1 aliphatic rings. The molecule has 1 rings (SSSR count). The predicted molar refractivity (Wildman–Crippen MR) is 60.5 cm³/mol. The van der Waals surface area contributed by atoms with Gasteiger partial charge in [0.15, 0.2) is 0 Å². The van der Waals surface area contributed by atoms with Gasteiger partial charge in [0.25, 0.3) is 0 Å². The van der Waals surface area contributed by atoms with Crippen LogP contribution in [-0.2, 0) is 4.79 Å². The number of carboxylic acid groups (broad SMARTS) is 1. The second kappa shape index (κ2) is 6.62. The van der Waals surface area contributed by atoms with Gasteiger partial charge in [-0.1, -0.05) is 25.3 Å². The van der Waals surface area contributed by atoms with Crippen molar-refractivity contribution in [3.8, 4) is 0 Å². The van der Waals surface area contributed by atoms with Crippen LogP contribution in [0.1, 0.15) is 38.5 Å². The SMILES string of the molecule is NCCC(/C=C/C(=O)O)C1CCCCC1. The zero-order valence-corrected chi connectivity index (χ0v) is 9.19. The van der Waals surface area contributed by atoms with E-state index in [4.69, 9.17) is 10.8 Å². The van der Waals surface area contributed by atoms with Gasteiger partial charge in [0.2, 0.25) is 0 Å². The van der Waals surface area contributed by atoms with Gasteiger partial charge in [-0.05, 0) is 37.6 Å². The highest BCUT2D eigenvalue weighted by molar-refractivity contribution is 5.79. The molecule has 0 aliphatic heterocycles. The predicted octanol–water partition coefficient (Wildman–Crippen LogP) is 2.17. The van der Waals surface area contributed by atoms with Gasteiger partial charge in [-0.15, -0.1) is 0 Å². The van der Waals surface area contributed by atoms with Gasteiger partial charge < -0.3 is 10.8 Å². The van der Waals surface area contributed by atoms with E-state index >= 15 is 0 Å². The third-order valence-corrected chi connectivity index (χ3v) is 3.24. The maximum atomic E-state index is 10.5. The van der Waals surface area contributed by atoms with E-state index in [1.165, 1.54) is 38.2 Å². The molecular weight excluding hydrogens is 190 g/mol. The van der Waals surface area contributed by atoms with Crippen LogP contribution in [0, 0.1) is 11.8 Å². The van der Waals surface area contributed by atoms with E-state index in [1.54, 1.807) is 0 Å². The van der Waals surface area contributed by atoms with Crippen molar-refractivity contribution in [2.45, 2.75) is 38.5 Å². The number of hydrogen-bond donors (Lipinski definition) is 2. The van der Waals surface area contributed by atoms with Gasteiger partial charge >= 0.3 is 5.97 Å². The minimum Gasteiger partial charge on any atom is -0.478 e. The summed E-state index contributed by atoms with van der Waals surface area (Å²) in [6.07, 6.45) is 10.4. The Hall–Kier alpha value is -0.830. The second-order valence-electron chi connectivity index (χ2n) is 4.34. The summed E-state index contributed by atoms with van der Waals surface area (Å²) >= 11 is 0. The summed E-state index contributed by atoms with van der Waals surface area (Å²) in [5.41, 5.74) is 5.56. The average molecular weight is 211 g/mol. The molecule has 1 aliphatic carbocycles. The molecule has 0 amide bonds. The van der Waals surface area contributed by atoms with Crippen molar-refractivity contribution in [1.29, 1.82) is 0 Å². The molecule has 1 atom stereocenters. The molecule has 0 aromatic carbocycles. The van der Waals surface area contributed by atoms with E-state index in [9.17, 15) is 4.79 Å². The van der Waals surface area contributed by atoms with Gasteiger partial charge in [0.05, 0.1) is 0 Å². The fraction of sp³-hybridized carbons (Fsp3) is 0.750. The summed E-state index contributed by atoms with van der Waals surface area (Å²) in [7, 11) is 0. The average Bonchev–Trinajstić information content (AvgIpc) is 2.25. The fourth-order valence-electron chi connectivity index (χ4n) is 2.45. The van der Waals surface area contributed by atoms with Crippen molar-refractivity contribution < 1.29 is 9.90 Å². The lowest BCUT2D eigenvalue weighted by Gasteiger charge is -2.27. The van der Waals surface area contributed by atoms with Crippen LogP contribution in [0.2, 0.25) is 0 Å². The lowest BCUT2D eigenvalue weighted by atomic mass is 9.78. The van der Waals surface area contributed by atoms with E-state index in [-0.39, 0.29) is 0 Å². The third kappa shape index (κ3) is 4.47. The van der Waals surface area contributed by atoms with Crippen LogP contribution >= 0.6 is 0 Å². The highest BCUT2D eigenvalue weighted by atomic mass is 16.4.